The maximum absolute atomic E-state index is 13.1. The van der Waals surface area contributed by atoms with E-state index in [1.54, 1.807) is 12.1 Å². The van der Waals surface area contributed by atoms with Gasteiger partial charge in [-0.2, -0.15) is 0 Å². The lowest BCUT2D eigenvalue weighted by Gasteiger charge is -2.38. The summed E-state index contributed by atoms with van der Waals surface area (Å²) in [4.78, 5) is 17.3. The predicted molar refractivity (Wildman–Crippen MR) is 111 cm³/mol. The SMILES string of the molecule is CC(CC(=O)NCC(c1ccccc1)N1CCN(C)CC1)c1ccc(F)cc1. The first-order valence-electron chi connectivity index (χ1n) is 10.0. The van der Waals surface area contributed by atoms with Crippen LogP contribution in [0.1, 0.15) is 36.4 Å². The van der Waals surface area contributed by atoms with E-state index in [-0.39, 0.29) is 23.7 Å². The number of hydrogen-bond donors (Lipinski definition) is 1. The summed E-state index contributed by atoms with van der Waals surface area (Å²) in [6.45, 7) is 6.68. The number of benzene rings is 2. The zero-order chi connectivity index (χ0) is 19.9. The van der Waals surface area contributed by atoms with Crippen molar-refractivity contribution in [2.45, 2.75) is 25.3 Å². The Labute approximate surface area is 167 Å². The smallest absolute Gasteiger partial charge is 0.220 e. The minimum atomic E-state index is -0.252. The van der Waals surface area contributed by atoms with Crippen molar-refractivity contribution in [3.05, 3.63) is 71.5 Å². The van der Waals surface area contributed by atoms with Gasteiger partial charge in [0.2, 0.25) is 5.91 Å². The monoisotopic (exact) mass is 383 g/mol. The zero-order valence-corrected chi connectivity index (χ0v) is 16.8. The zero-order valence-electron chi connectivity index (χ0n) is 16.8. The fraction of sp³-hybridized carbons (Fsp3) is 0.435. The highest BCUT2D eigenvalue weighted by molar-refractivity contribution is 5.76. The first kappa shape index (κ1) is 20.5. The molecule has 0 bridgehead atoms. The second-order valence-electron chi connectivity index (χ2n) is 7.73. The van der Waals surface area contributed by atoms with E-state index in [1.807, 2.05) is 13.0 Å². The number of carbonyl (C=O) groups is 1. The van der Waals surface area contributed by atoms with Crippen molar-refractivity contribution in [1.29, 1.82) is 0 Å². The van der Waals surface area contributed by atoms with E-state index in [0.717, 1.165) is 31.7 Å². The Balaban J connectivity index is 1.59. The Morgan fingerprint density at radius 1 is 1.00 bits per heavy atom. The molecule has 1 amide bonds. The third-order valence-electron chi connectivity index (χ3n) is 5.59. The van der Waals surface area contributed by atoms with Gasteiger partial charge in [0.25, 0.3) is 0 Å². The summed E-state index contributed by atoms with van der Waals surface area (Å²) in [6, 6.07) is 17.0. The molecular weight excluding hydrogens is 353 g/mol. The fourth-order valence-corrected chi connectivity index (χ4v) is 3.74. The van der Waals surface area contributed by atoms with E-state index >= 15 is 0 Å². The molecule has 0 radical (unpaired) electrons. The molecule has 150 valence electrons. The van der Waals surface area contributed by atoms with Gasteiger partial charge in [-0.3, -0.25) is 9.69 Å². The van der Waals surface area contributed by atoms with Crippen LogP contribution in [-0.4, -0.2) is 55.5 Å². The van der Waals surface area contributed by atoms with Gasteiger partial charge in [-0.1, -0.05) is 49.4 Å². The summed E-state index contributed by atoms with van der Waals surface area (Å²) in [5.74, 6) is -0.162. The summed E-state index contributed by atoms with van der Waals surface area (Å²) in [6.07, 6.45) is 0.399. The Morgan fingerprint density at radius 2 is 1.64 bits per heavy atom. The van der Waals surface area contributed by atoms with Gasteiger partial charge in [0.05, 0.1) is 6.04 Å². The van der Waals surface area contributed by atoms with E-state index in [9.17, 15) is 9.18 Å². The van der Waals surface area contributed by atoms with Gasteiger partial charge in [0.15, 0.2) is 0 Å². The third-order valence-corrected chi connectivity index (χ3v) is 5.59. The Bertz CT molecular complexity index is 742. The van der Waals surface area contributed by atoms with Crippen LogP contribution in [0.4, 0.5) is 4.39 Å². The van der Waals surface area contributed by atoms with Crippen molar-refractivity contribution < 1.29 is 9.18 Å². The number of rotatable bonds is 7. The van der Waals surface area contributed by atoms with Crippen LogP contribution < -0.4 is 5.32 Å². The molecule has 2 atom stereocenters. The maximum Gasteiger partial charge on any atom is 0.220 e. The van der Waals surface area contributed by atoms with Gasteiger partial charge >= 0.3 is 0 Å². The first-order chi connectivity index (χ1) is 13.5. The number of likely N-dealkylation sites (N-methyl/N-ethyl adjacent to an activating group) is 1. The standard InChI is InChI=1S/C23H30FN3O/c1-18(19-8-10-21(24)11-9-19)16-23(28)25-17-22(20-6-4-3-5-7-20)27-14-12-26(2)13-15-27/h3-11,18,22H,12-17H2,1-2H3,(H,25,28). The maximum atomic E-state index is 13.1. The number of hydrogen-bond acceptors (Lipinski definition) is 3. The molecule has 2 aromatic carbocycles. The molecule has 4 nitrogen and oxygen atoms in total. The molecule has 2 aromatic rings. The molecule has 3 rings (SSSR count). The number of carbonyl (C=O) groups excluding carboxylic acids is 1. The van der Waals surface area contributed by atoms with Gasteiger partial charge in [-0.05, 0) is 36.2 Å². The van der Waals surface area contributed by atoms with Crippen molar-refractivity contribution in [3.63, 3.8) is 0 Å². The van der Waals surface area contributed by atoms with Crippen LogP contribution in [0.25, 0.3) is 0 Å². The molecule has 0 aliphatic carbocycles. The normalized spacial score (nSPS) is 17.8. The topological polar surface area (TPSA) is 35.6 Å². The molecule has 0 spiro atoms. The van der Waals surface area contributed by atoms with Crippen LogP contribution in [0.15, 0.2) is 54.6 Å². The van der Waals surface area contributed by atoms with Gasteiger partial charge < -0.3 is 10.2 Å². The highest BCUT2D eigenvalue weighted by Gasteiger charge is 2.24. The van der Waals surface area contributed by atoms with Crippen molar-refractivity contribution in [3.8, 4) is 0 Å². The average Bonchev–Trinajstić information content (AvgIpc) is 2.70. The Morgan fingerprint density at radius 3 is 2.29 bits per heavy atom. The molecule has 1 aliphatic heterocycles. The number of nitrogens with one attached hydrogen (secondary N) is 1. The number of amides is 1. The molecule has 1 heterocycles. The van der Waals surface area contributed by atoms with E-state index in [4.69, 9.17) is 0 Å². The fourth-order valence-electron chi connectivity index (χ4n) is 3.74. The molecule has 1 fully saturated rings. The van der Waals surface area contributed by atoms with E-state index < -0.39 is 0 Å². The number of nitrogens with zero attached hydrogens (tertiary/aromatic N) is 2. The van der Waals surface area contributed by atoms with Crippen molar-refractivity contribution in [1.82, 2.24) is 15.1 Å². The molecular formula is C23H30FN3O. The summed E-state index contributed by atoms with van der Waals surface area (Å²) in [5, 5.41) is 3.13. The molecule has 1 aliphatic rings. The van der Waals surface area contributed by atoms with E-state index in [1.165, 1.54) is 17.7 Å². The van der Waals surface area contributed by atoms with Crippen LogP contribution in [0.3, 0.4) is 0 Å². The van der Waals surface area contributed by atoms with Crippen molar-refractivity contribution >= 4 is 5.91 Å². The van der Waals surface area contributed by atoms with Gasteiger partial charge in [0.1, 0.15) is 5.82 Å². The number of piperazine rings is 1. The minimum absolute atomic E-state index is 0.0342. The lowest BCUT2D eigenvalue weighted by Crippen LogP contribution is -2.48. The van der Waals surface area contributed by atoms with Gasteiger partial charge in [0, 0.05) is 39.1 Å². The first-order valence-corrected chi connectivity index (χ1v) is 10.0. The van der Waals surface area contributed by atoms with Gasteiger partial charge in [-0.25, -0.2) is 4.39 Å². The van der Waals surface area contributed by atoms with Crippen LogP contribution >= 0.6 is 0 Å². The molecule has 1 N–H and O–H groups in total. The summed E-state index contributed by atoms with van der Waals surface area (Å²) >= 11 is 0. The average molecular weight is 384 g/mol. The Hall–Kier alpha value is -2.24. The molecule has 0 aromatic heterocycles. The lowest BCUT2D eigenvalue weighted by atomic mass is 9.97. The highest BCUT2D eigenvalue weighted by atomic mass is 19.1. The highest BCUT2D eigenvalue weighted by Crippen LogP contribution is 2.22. The quantitative estimate of drug-likeness (QED) is 0.796. The summed E-state index contributed by atoms with van der Waals surface area (Å²) in [5.41, 5.74) is 2.22. The molecule has 2 unspecified atom stereocenters. The van der Waals surface area contributed by atoms with Crippen molar-refractivity contribution in [2.24, 2.45) is 0 Å². The van der Waals surface area contributed by atoms with Crippen LogP contribution in [0.5, 0.6) is 0 Å². The second-order valence-corrected chi connectivity index (χ2v) is 7.73. The minimum Gasteiger partial charge on any atom is -0.354 e. The second kappa shape index (κ2) is 9.80. The molecule has 5 heteroatoms. The lowest BCUT2D eigenvalue weighted by molar-refractivity contribution is -0.121. The number of halogens is 1. The molecule has 0 saturated carbocycles. The summed E-state index contributed by atoms with van der Waals surface area (Å²) in [7, 11) is 2.15. The van der Waals surface area contributed by atoms with E-state index in [0.29, 0.717) is 13.0 Å². The van der Waals surface area contributed by atoms with Crippen LogP contribution in [0, 0.1) is 5.82 Å². The largest absolute Gasteiger partial charge is 0.354 e. The van der Waals surface area contributed by atoms with Crippen LogP contribution in [0.2, 0.25) is 0 Å². The Kier molecular flexibility index (Phi) is 7.18. The van der Waals surface area contributed by atoms with E-state index in [2.05, 4.69) is 46.4 Å². The van der Waals surface area contributed by atoms with Gasteiger partial charge in [-0.15, -0.1) is 0 Å². The summed E-state index contributed by atoms with van der Waals surface area (Å²) < 4.78 is 13.1. The predicted octanol–water partition coefficient (Wildman–Crippen LogP) is 3.42. The van der Waals surface area contributed by atoms with Crippen LogP contribution in [-0.2, 0) is 4.79 Å². The van der Waals surface area contributed by atoms with Crippen molar-refractivity contribution in [2.75, 3.05) is 39.8 Å². The molecule has 1 saturated heterocycles. The molecule has 28 heavy (non-hydrogen) atoms. The third kappa shape index (κ3) is 5.63.